The van der Waals surface area contributed by atoms with Gasteiger partial charge in [0.2, 0.25) is 0 Å². The molecule has 0 aliphatic rings. The van der Waals surface area contributed by atoms with Gasteiger partial charge in [-0.25, -0.2) is 0 Å². The Morgan fingerprint density at radius 1 is 1.18 bits per heavy atom. The summed E-state index contributed by atoms with van der Waals surface area (Å²) in [5.74, 6) is 0.624. The lowest BCUT2D eigenvalue weighted by atomic mass is 10.3. The van der Waals surface area contributed by atoms with E-state index < -0.39 is 0 Å². The predicted molar refractivity (Wildman–Crippen MR) is 71.4 cm³/mol. The third-order valence-electron chi connectivity index (χ3n) is 1.92. The van der Waals surface area contributed by atoms with Crippen LogP contribution in [-0.4, -0.2) is 6.21 Å². The summed E-state index contributed by atoms with van der Waals surface area (Å²) >= 11 is 17.7. The molecule has 0 amide bonds. The molecule has 0 atom stereocenters. The Labute approximate surface area is 113 Å². The summed E-state index contributed by atoms with van der Waals surface area (Å²) in [5, 5.41) is 5.23. The molecule has 2 rings (SSSR count). The fourth-order valence-electron chi connectivity index (χ4n) is 1.17. The normalized spacial score (nSPS) is 11.0. The highest BCUT2D eigenvalue weighted by Gasteiger charge is 2.06. The molecule has 0 aliphatic carbocycles. The molecule has 1 N–H and O–H groups in total. The number of anilines is 1. The van der Waals surface area contributed by atoms with E-state index in [2.05, 4.69) is 10.5 Å². The molecule has 0 radical (unpaired) electrons. The van der Waals surface area contributed by atoms with Gasteiger partial charge in [0.1, 0.15) is 5.76 Å². The van der Waals surface area contributed by atoms with E-state index in [1.54, 1.807) is 30.5 Å². The molecule has 1 aromatic heterocycles. The molecule has 6 heteroatoms. The maximum atomic E-state index is 5.97. The van der Waals surface area contributed by atoms with Gasteiger partial charge in [0.05, 0.1) is 28.2 Å². The first-order valence-corrected chi connectivity index (χ1v) is 5.77. The van der Waals surface area contributed by atoms with E-state index >= 15 is 0 Å². The molecule has 0 aliphatic heterocycles. The number of nitrogens with one attached hydrogen (secondary N) is 1. The molecule has 0 fully saturated rings. The first-order chi connectivity index (χ1) is 8.16. The molecule has 1 aromatic carbocycles. The van der Waals surface area contributed by atoms with Gasteiger partial charge >= 0.3 is 0 Å². The predicted octanol–water partition coefficient (Wildman–Crippen LogP) is 4.69. The molecular formula is C11H7Cl3N2O. The topological polar surface area (TPSA) is 37.5 Å². The van der Waals surface area contributed by atoms with E-state index in [0.717, 1.165) is 0 Å². The zero-order valence-corrected chi connectivity index (χ0v) is 10.7. The van der Waals surface area contributed by atoms with Crippen molar-refractivity contribution in [1.82, 2.24) is 0 Å². The summed E-state index contributed by atoms with van der Waals surface area (Å²) in [7, 11) is 0. The minimum atomic E-state index is 0.402. The van der Waals surface area contributed by atoms with Crippen LogP contribution in [0.25, 0.3) is 0 Å². The van der Waals surface area contributed by atoms with E-state index in [0.29, 0.717) is 26.5 Å². The average molecular weight is 290 g/mol. The lowest BCUT2D eigenvalue weighted by molar-refractivity contribution is 0.560. The van der Waals surface area contributed by atoms with Crippen molar-refractivity contribution < 1.29 is 4.42 Å². The number of halogens is 3. The van der Waals surface area contributed by atoms with Gasteiger partial charge in [-0.1, -0.05) is 34.8 Å². The highest BCUT2D eigenvalue weighted by atomic mass is 35.5. The second kappa shape index (κ2) is 5.45. The summed E-state index contributed by atoms with van der Waals surface area (Å²) in [4.78, 5) is 0. The Hall–Kier alpha value is -1.16. The van der Waals surface area contributed by atoms with E-state index in [1.165, 1.54) is 6.21 Å². The molecule has 0 saturated heterocycles. The zero-order valence-electron chi connectivity index (χ0n) is 8.45. The van der Waals surface area contributed by atoms with Crippen molar-refractivity contribution in [2.75, 3.05) is 5.43 Å². The van der Waals surface area contributed by atoms with Crippen molar-refractivity contribution in [3.8, 4) is 0 Å². The van der Waals surface area contributed by atoms with Crippen molar-refractivity contribution in [3.63, 3.8) is 0 Å². The van der Waals surface area contributed by atoms with Crippen molar-refractivity contribution in [2.24, 2.45) is 5.10 Å². The summed E-state index contributed by atoms with van der Waals surface area (Å²) in [6.45, 7) is 0. The summed E-state index contributed by atoms with van der Waals surface area (Å²) in [5.41, 5.74) is 3.23. The van der Waals surface area contributed by atoms with E-state index in [4.69, 9.17) is 39.2 Å². The molecule has 0 spiro atoms. The summed E-state index contributed by atoms with van der Waals surface area (Å²) < 4.78 is 5.07. The van der Waals surface area contributed by atoms with E-state index in [9.17, 15) is 0 Å². The molecule has 0 unspecified atom stereocenters. The number of hydrogen-bond donors (Lipinski definition) is 1. The third kappa shape index (κ3) is 3.16. The highest BCUT2D eigenvalue weighted by molar-refractivity contribution is 6.41. The van der Waals surface area contributed by atoms with E-state index in [1.807, 2.05) is 0 Å². The van der Waals surface area contributed by atoms with Gasteiger partial charge in [-0.2, -0.15) is 5.10 Å². The van der Waals surface area contributed by atoms with Gasteiger partial charge in [0.25, 0.3) is 0 Å². The van der Waals surface area contributed by atoms with Crippen molar-refractivity contribution in [1.29, 1.82) is 0 Å². The first-order valence-electron chi connectivity index (χ1n) is 4.64. The molecule has 88 valence electrons. The van der Waals surface area contributed by atoms with Gasteiger partial charge in [0, 0.05) is 5.02 Å². The largest absolute Gasteiger partial charge is 0.463 e. The maximum absolute atomic E-state index is 5.97. The van der Waals surface area contributed by atoms with Crippen LogP contribution in [0.4, 0.5) is 5.69 Å². The van der Waals surface area contributed by atoms with Crippen LogP contribution in [0.15, 0.2) is 40.0 Å². The maximum Gasteiger partial charge on any atom is 0.146 e. The van der Waals surface area contributed by atoms with Crippen LogP contribution in [0, 0.1) is 0 Å². The van der Waals surface area contributed by atoms with Crippen LogP contribution in [0.2, 0.25) is 15.1 Å². The van der Waals surface area contributed by atoms with Crippen LogP contribution < -0.4 is 5.43 Å². The zero-order chi connectivity index (χ0) is 12.3. The summed E-state index contributed by atoms with van der Waals surface area (Å²) in [6.07, 6.45) is 3.07. The Morgan fingerprint density at radius 3 is 2.47 bits per heavy atom. The minimum Gasteiger partial charge on any atom is -0.463 e. The van der Waals surface area contributed by atoms with Crippen LogP contribution in [0.5, 0.6) is 0 Å². The van der Waals surface area contributed by atoms with Gasteiger partial charge in [0.15, 0.2) is 0 Å². The van der Waals surface area contributed by atoms with Crippen LogP contribution in [0.1, 0.15) is 5.76 Å². The number of nitrogens with zero attached hydrogens (tertiary/aromatic N) is 1. The average Bonchev–Trinajstić information content (AvgIpc) is 2.74. The molecule has 17 heavy (non-hydrogen) atoms. The Kier molecular flexibility index (Phi) is 3.94. The molecule has 1 heterocycles. The summed E-state index contributed by atoms with van der Waals surface area (Å²) in [6, 6.07) is 6.71. The second-order valence-electron chi connectivity index (χ2n) is 3.13. The smallest absolute Gasteiger partial charge is 0.146 e. The second-order valence-corrected chi connectivity index (χ2v) is 4.38. The number of rotatable bonds is 3. The standard InChI is InChI=1S/C11H7Cl3N2O/c12-7-4-9(13)11(10(14)5-7)16-15-6-8-2-1-3-17-8/h1-6,16H. The molecular weight excluding hydrogens is 282 g/mol. The van der Waals surface area contributed by atoms with Crippen molar-refractivity contribution in [3.05, 3.63) is 51.4 Å². The molecule has 3 nitrogen and oxygen atoms in total. The van der Waals surface area contributed by atoms with Crippen molar-refractivity contribution >= 4 is 46.7 Å². The lowest BCUT2D eigenvalue weighted by Gasteiger charge is -2.05. The fraction of sp³-hybridized carbons (Fsp3) is 0. The SMILES string of the molecule is Clc1cc(Cl)c(NN=Cc2ccco2)c(Cl)c1. The van der Waals surface area contributed by atoms with Crippen LogP contribution in [-0.2, 0) is 0 Å². The highest BCUT2D eigenvalue weighted by Crippen LogP contribution is 2.33. The number of benzene rings is 1. The van der Waals surface area contributed by atoms with Crippen molar-refractivity contribution in [2.45, 2.75) is 0 Å². The fourth-order valence-corrected chi connectivity index (χ4v) is 2.08. The Morgan fingerprint density at radius 2 is 1.88 bits per heavy atom. The minimum absolute atomic E-state index is 0.402. The monoisotopic (exact) mass is 288 g/mol. The Balaban J connectivity index is 2.14. The third-order valence-corrected chi connectivity index (χ3v) is 2.73. The molecule has 2 aromatic rings. The Bertz CT molecular complexity index is 515. The number of hydrazone groups is 1. The van der Waals surface area contributed by atoms with Crippen LogP contribution >= 0.6 is 34.8 Å². The number of hydrogen-bond acceptors (Lipinski definition) is 3. The molecule has 0 saturated carbocycles. The van der Waals surface area contributed by atoms with Gasteiger partial charge in [-0.05, 0) is 24.3 Å². The van der Waals surface area contributed by atoms with Gasteiger partial charge in [-0.15, -0.1) is 0 Å². The van der Waals surface area contributed by atoms with Gasteiger partial charge < -0.3 is 4.42 Å². The van der Waals surface area contributed by atoms with Crippen LogP contribution in [0.3, 0.4) is 0 Å². The molecule has 0 bridgehead atoms. The van der Waals surface area contributed by atoms with E-state index in [-0.39, 0.29) is 0 Å². The first kappa shape index (κ1) is 12.3. The quantitative estimate of drug-likeness (QED) is 0.657. The van der Waals surface area contributed by atoms with Gasteiger partial charge in [-0.3, -0.25) is 5.43 Å². The lowest BCUT2D eigenvalue weighted by Crippen LogP contribution is -1.92. The number of furan rings is 1.